The molecule has 0 aromatic heterocycles. The number of carbonyl (C=O) groups excluding carboxylic acids is 2. The van der Waals surface area contributed by atoms with E-state index >= 15 is 0 Å². The number of ether oxygens (including phenoxy) is 3. The summed E-state index contributed by atoms with van der Waals surface area (Å²) in [7, 11) is 0. The van der Waals surface area contributed by atoms with Gasteiger partial charge in [0.05, 0.1) is 6.61 Å². The molecule has 0 N–H and O–H groups in total. The fraction of sp³-hybridized carbons (Fsp3) is 0.873. The van der Waals surface area contributed by atoms with Gasteiger partial charge < -0.3 is 14.2 Å². The second-order valence-corrected chi connectivity index (χ2v) is 20.6. The van der Waals surface area contributed by atoms with Gasteiger partial charge >= 0.3 is 11.9 Å². The molecule has 400 valence electrons. The van der Waals surface area contributed by atoms with Crippen LogP contribution in [0.1, 0.15) is 329 Å². The highest BCUT2D eigenvalue weighted by Gasteiger charge is 2.17. The van der Waals surface area contributed by atoms with Crippen LogP contribution in [0.2, 0.25) is 0 Å². The molecule has 5 nitrogen and oxygen atoms in total. The van der Waals surface area contributed by atoms with E-state index in [-0.39, 0.29) is 18.5 Å². The molecule has 0 aromatic rings. The maximum Gasteiger partial charge on any atom is 0.306 e. The molecule has 0 aliphatic carbocycles. The maximum atomic E-state index is 12.9. The number of hydrogen-bond donors (Lipinski definition) is 0. The average Bonchev–Trinajstić information content (AvgIpc) is 3.34. The fourth-order valence-corrected chi connectivity index (χ4v) is 9.07. The zero-order chi connectivity index (χ0) is 49.2. The first-order chi connectivity index (χ1) is 33.6. The highest BCUT2D eigenvalue weighted by Crippen LogP contribution is 2.17. The van der Waals surface area contributed by atoms with E-state index < -0.39 is 6.10 Å². The topological polar surface area (TPSA) is 61.8 Å². The smallest absolute Gasteiger partial charge is 0.306 e. The van der Waals surface area contributed by atoms with Gasteiger partial charge in [0.25, 0.3) is 0 Å². The van der Waals surface area contributed by atoms with Crippen molar-refractivity contribution in [3.63, 3.8) is 0 Å². The molecule has 1 unspecified atom stereocenters. The van der Waals surface area contributed by atoms with E-state index in [9.17, 15) is 9.59 Å². The summed E-state index contributed by atoms with van der Waals surface area (Å²) in [6.07, 6.45) is 73.1. The Morgan fingerprint density at radius 3 is 1.01 bits per heavy atom. The van der Waals surface area contributed by atoms with Crippen molar-refractivity contribution < 1.29 is 23.8 Å². The van der Waals surface area contributed by atoms with Crippen molar-refractivity contribution >= 4 is 11.9 Å². The molecular weight excluding hydrogens is 837 g/mol. The third kappa shape index (κ3) is 56.7. The molecule has 0 aliphatic heterocycles. The van der Waals surface area contributed by atoms with Crippen LogP contribution in [-0.2, 0) is 23.8 Å². The van der Waals surface area contributed by atoms with E-state index in [4.69, 9.17) is 14.2 Å². The molecule has 0 bridgehead atoms. The highest BCUT2D eigenvalue weighted by molar-refractivity contribution is 5.70. The predicted octanol–water partition coefficient (Wildman–Crippen LogP) is 20.9. The van der Waals surface area contributed by atoms with Crippen molar-refractivity contribution in [2.24, 2.45) is 0 Å². The lowest BCUT2D eigenvalue weighted by Crippen LogP contribution is -2.30. The largest absolute Gasteiger partial charge is 0.462 e. The van der Waals surface area contributed by atoms with Crippen LogP contribution in [0, 0.1) is 0 Å². The van der Waals surface area contributed by atoms with Gasteiger partial charge in [-0.15, -0.1) is 0 Å². The van der Waals surface area contributed by atoms with E-state index in [1.165, 1.54) is 250 Å². The summed E-state index contributed by atoms with van der Waals surface area (Å²) in [5.41, 5.74) is 0. The minimum Gasteiger partial charge on any atom is -0.462 e. The van der Waals surface area contributed by atoms with E-state index in [0.717, 1.165) is 44.9 Å². The van der Waals surface area contributed by atoms with Crippen LogP contribution >= 0.6 is 0 Å². The maximum absolute atomic E-state index is 12.9. The third-order valence-electron chi connectivity index (χ3n) is 13.6. The van der Waals surface area contributed by atoms with E-state index in [1.807, 2.05) is 0 Å². The van der Waals surface area contributed by atoms with E-state index in [2.05, 4.69) is 57.2 Å². The lowest BCUT2D eigenvalue weighted by atomic mass is 10.0. The first kappa shape index (κ1) is 66.1. The van der Waals surface area contributed by atoms with Crippen LogP contribution in [-0.4, -0.2) is 37.9 Å². The number of esters is 2. The second kappa shape index (κ2) is 59.4. The SMILES string of the molecule is CCCCC/C=C\C/C=C\CCCCCCCCCCCC(=O)OCC(COCCCCCCCCCC/C=C\CCCCCCCC)OC(=O)CCCCCCCCCCCCCCCCC. The molecule has 0 saturated heterocycles. The van der Waals surface area contributed by atoms with Crippen LogP contribution in [0.4, 0.5) is 0 Å². The van der Waals surface area contributed by atoms with E-state index in [0.29, 0.717) is 26.1 Å². The van der Waals surface area contributed by atoms with Crippen molar-refractivity contribution in [1.29, 1.82) is 0 Å². The molecule has 0 saturated carbocycles. The second-order valence-electron chi connectivity index (χ2n) is 20.6. The summed E-state index contributed by atoms with van der Waals surface area (Å²) < 4.78 is 17.5. The summed E-state index contributed by atoms with van der Waals surface area (Å²) in [5.74, 6) is -0.382. The lowest BCUT2D eigenvalue weighted by Gasteiger charge is -2.18. The van der Waals surface area contributed by atoms with Crippen LogP contribution < -0.4 is 0 Å². The molecule has 0 aromatic carbocycles. The molecule has 0 radical (unpaired) electrons. The number of hydrogen-bond acceptors (Lipinski definition) is 5. The van der Waals surface area contributed by atoms with Gasteiger partial charge in [0.1, 0.15) is 6.61 Å². The van der Waals surface area contributed by atoms with Gasteiger partial charge in [-0.2, -0.15) is 0 Å². The number of rotatable bonds is 57. The quantitative estimate of drug-likeness (QED) is 0.0345. The number of unbranched alkanes of at least 4 members (excludes halogenated alkanes) is 40. The Labute approximate surface area is 425 Å². The molecule has 5 heteroatoms. The van der Waals surface area contributed by atoms with Crippen molar-refractivity contribution in [3.05, 3.63) is 36.5 Å². The van der Waals surface area contributed by atoms with Gasteiger partial charge in [-0.25, -0.2) is 0 Å². The highest BCUT2D eigenvalue weighted by atomic mass is 16.6. The summed E-state index contributed by atoms with van der Waals surface area (Å²) in [4.78, 5) is 25.6. The predicted molar refractivity (Wildman–Crippen MR) is 298 cm³/mol. The molecule has 0 spiro atoms. The van der Waals surface area contributed by atoms with Crippen molar-refractivity contribution in [1.82, 2.24) is 0 Å². The minimum absolute atomic E-state index is 0.0876. The zero-order valence-electron chi connectivity index (χ0n) is 46.1. The Hall–Kier alpha value is -1.88. The van der Waals surface area contributed by atoms with Gasteiger partial charge in [0.15, 0.2) is 6.10 Å². The molecule has 0 heterocycles. The standard InChI is InChI=1S/C63H118O5/c1-4-7-10-13-16-19-22-25-28-30-32-33-36-38-41-44-47-50-53-56-62(64)67-60-61(68-63(65)57-54-51-48-45-42-39-35-27-24-21-18-15-12-9-6-3)59-66-58-55-52-49-46-43-40-37-34-31-29-26-23-20-17-14-11-8-5-2/h16,19,25-26,28-29,61H,4-15,17-18,20-24,27,30-60H2,1-3H3/b19-16-,28-25-,29-26-. The molecule has 0 aliphatic rings. The first-order valence-corrected chi connectivity index (χ1v) is 30.5. The minimum atomic E-state index is -0.536. The molecule has 0 amide bonds. The lowest BCUT2D eigenvalue weighted by molar-refractivity contribution is -0.163. The van der Waals surface area contributed by atoms with Gasteiger partial charge in [0.2, 0.25) is 0 Å². The monoisotopic (exact) mass is 955 g/mol. The molecule has 0 fully saturated rings. The van der Waals surface area contributed by atoms with Gasteiger partial charge in [-0.1, -0.05) is 276 Å². The van der Waals surface area contributed by atoms with Crippen LogP contribution in [0.15, 0.2) is 36.5 Å². The van der Waals surface area contributed by atoms with Gasteiger partial charge in [-0.3, -0.25) is 9.59 Å². The van der Waals surface area contributed by atoms with Crippen LogP contribution in [0.3, 0.4) is 0 Å². The average molecular weight is 956 g/mol. The summed E-state index contributed by atoms with van der Waals surface area (Å²) in [6.45, 7) is 7.86. The normalized spacial score (nSPS) is 12.3. The Bertz CT molecular complexity index is 1080. The van der Waals surface area contributed by atoms with Gasteiger partial charge in [-0.05, 0) is 77.0 Å². The fourth-order valence-electron chi connectivity index (χ4n) is 9.07. The van der Waals surface area contributed by atoms with Crippen molar-refractivity contribution in [2.75, 3.05) is 19.8 Å². The number of carbonyl (C=O) groups is 2. The van der Waals surface area contributed by atoms with Crippen LogP contribution in [0.5, 0.6) is 0 Å². The Morgan fingerprint density at radius 1 is 0.324 bits per heavy atom. The molecule has 0 rings (SSSR count). The first-order valence-electron chi connectivity index (χ1n) is 30.5. The van der Waals surface area contributed by atoms with E-state index in [1.54, 1.807) is 0 Å². The summed E-state index contributed by atoms with van der Waals surface area (Å²) in [5, 5.41) is 0. The van der Waals surface area contributed by atoms with Crippen molar-refractivity contribution in [2.45, 2.75) is 335 Å². The molecule has 68 heavy (non-hydrogen) atoms. The Kier molecular flexibility index (Phi) is 57.8. The third-order valence-corrected chi connectivity index (χ3v) is 13.6. The zero-order valence-corrected chi connectivity index (χ0v) is 46.1. The van der Waals surface area contributed by atoms with Crippen molar-refractivity contribution in [3.8, 4) is 0 Å². The summed E-state index contributed by atoms with van der Waals surface area (Å²) >= 11 is 0. The van der Waals surface area contributed by atoms with Gasteiger partial charge in [0, 0.05) is 19.4 Å². The molecule has 1 atom stereocenters. The molecular formula is C63H118O5. The van der Waals surface area contributed by atoms with Crippen LogP contribution in [0.25, 0.3) is 0 Å². The Morgan fingerprint density at radius 2 is 0.618 bits per heavy atom. The number of allylic oxidation sites excluding steroid dienone is 6. The summed E-state index contributed by atoms with van der Waals surface area (Å²) in [6, 6.07) is 0. The Balaban J connectivity index is 4.23.